The second-order valence-electron chi connectivity index (χ2n) is 9.07. The fraction of sp³-hybridized carbons (Fsp3) is 0.520. The quantitative estimate of drug-likeness (QED) is 0.674. The molecule has 0 spiro atoms. The van der Waals surface area contributed by atoms with Crippen molar-refractivity contribution in [3.05, 3.63) is 47.7 Å². The highest BCUT2D eigenvalue weighted by atomic mass is 16.5. The van der Waals surface area contributed by atoms with Crippen LogP contribution in [0.1, 0.15) is 49.2 Å². The zero-order valence-corrected chi connectivity index (χ0v) is 20.0. The van der Waals surface area contributed by atoms with Gasteiger partial charge in [-0.25, -0.2) is 15.0 Å². The molecule has 33 heavy (non-hydrogen) atoms. The fourth-order valence-corrected chi connectivity index (χ4v) is 3.71. The van der Waals surface area contributed by atoms with Crippen molar-refractivity contribution in [3.8, 4) is 17.7 Å². The second-order valence-corrected chi connectivity index (χ2v) is 9.07. The Kier molecular flexibility index (Phi) is 8.37. The van der Waals surface area contributed by atoms with Gasteiger partial charge in [0.15, 0.2) is 0 Å². The summed E-state index contributed by atoms with van der Waals surface area (Å²) in [7, 11) is 2.01. The van der Waals surface area contributed by atoms with Gasteiger partial charge in [-0.3, -0.25) is 9.69 Å². The summed E-state index contributed by atoms with van der Waals surface area (Å²) in [4.78, 5) is 29.9. The number of ether oxygens (including phenoxy) is 1. The number of aliphatic hydroxyl groups is 1. The molecule has 1 N–H and O–H groups in total. The van der Waals surface area contributed by atoms with Gasteiger partial charge in [0.1, 0.15) is 18.0 Å². The van der Waals surface area contributed by atoms with E-state index >= 15 is 0 Å². The average Bonchev–Trinajstić information content (AvgIpc) is 2.80. The largest absolute Gasteiger partial charge is 0.472 e. The van der Waals surface area contributed by atoms with E-state index in [2.05, 4.69) is 38.6 Å². The van der Waals surface area contributed by atoms with Crippen molar-refractivity contribution in [1.82, 2.24) is 24.8 Å². The predicted octanol–water partition coefficient (Wildman–Crippen LogP) is 2.23. The minimum absolute atomic E-state index is 0.0211. The van der Waals surface area contributed by atoms with Crippen molar-refractivity contribution in [3.63, 3.8) is 0 Å². The molecule has 0 aromatic carbocycles. The van der Waals surface area contributed by atoms with E-state index in [4.69, 9.17) is 4.74 Å². The summed E-state index contributed by atoms with van der Waals surface area (Å²) < 4.78 is 6.33. The van der Waals surface area contributed by atoms with Gasteiger partial charge < -0.3 is 14.7 Å². The molecule has 1 amide bonds. The van der Waals surface area contributed by atoms with Crippen molar-refractivity contribution >= 4 is 5.91 Å². The molecule has 0 bridgehead atoms. The predicted molar refractivity (Wildman–Crippen MR) is 125 cm³/mol. The molecule has 0 saturated heterocycles. The molecule has 3 atom stereocenters. The molecule has 0 saturated carbocycles. The van der Waals surface area contributed by atoms with E-state index < -0.39 is 0 Å². The number of aromatic nitrogens is 3. The maximum atomic E-state index is 13.4. The molecule has 0 radical (unpaired) electrons. The SMILES string of the molecule is CC(C)C#Cc1cnc2c(c1)C(=O)N([C@H](C)CO)C[C@H](C)[C@@H](CN(C)Cc1cncnc1)O2. The summed E-state index contributed by atoms with van der Waals surface area (Å²) >= 11 is 0. The summed E-state index contributed by atoms with van der Waals surface area (Å²) in [5.74, 6) is 6.52. The molecule has 2 aromatic rings. The summed E-state index contributed by atoms with van der Waals surface area (Å²) in [5, 5.41) is 9.79. The molecule has 176 valence electrons. The zero-order chi connectivity index (χ0) is 24.0. The first-order valence-corrected chi connectivity index (χ1v) is 11.3. The molecule has 0 fully saturated rings. The Morgan fingerprint density at radius 1 is 1.27 bits per heavy atom. The van der Waals surface area contributed by atoms with Gasteiger partial charge in [-0.1, -0.05) is 32.6 Å². The Morgan fingerprint density at radius 3 is 2.67 bits per heavy atom. The molecule has 1 aliphatic heterocycles. The van der Waals surface area contributed by atoms with Crippen LogP contribution in [-0.2, 0) is 6.54 Å². The van der Waals surface area contributed by atoms with Crippen LogP contribution in [-0.4, -0.2) is 74.7 Å². The Labute approximate surface area is 196 Å². The van der Waals surface area contributed by atoms with E-state index in [0.29, 0.717) is 36.6 Å². The van der Waals surface area contributed by atoms with Crippen molar-refractivity contribution in [2.75, 3.05) is 26.7 Å². The number of rotatable bonds is 6. The highest BCUT2D eigenvalue weighted by Crippen LogP contribution is 2.27. The average molecular weight is 452 g/mol. The van der Waals surface area contributed by atoms with Gasteiger partial charge in [0.25, 0.3) is 5.91 Å². The number of nitrogens with zero attached hydrogens (tertiary/aromatic N) is 5. The van der Waals surface area contributed by atoms with Crippen LogP contribution in [0.4, 0.5) is 0 Å². The van der Waals surface area contributed by atoms with Crippen LogP contribution in [0.3, 0.4) is 0 Å². The number of hydrogen-bond acceptors (Lipinski definition) is 7. The molecule has 3 heterocycles. The highest BCUT2D eigenvalue weighted by molar-refractivity contribution is 5.97. The summed E-state index contributed by atoms with van der Waals surface area (Å²) in [5.41, 5.74) is 2.06. The minimum Gasteiger partial charge on any atom is -0.472 e. The molecular formula is C25H33N5O3. The molecule has 0 unspecified atom stereocenters. The Balaban J connectivity index is 1.91. The van der Waals surface area contributed by atoms with E-state index in [1.54, 1.807) is 29.6 Å². The summed E-state index contributed by atoms with van der Waals surface area (Å²) in [6.45, 7) is 9.58. The first-order valence-electron chi connectivity index (χ1n) is 11.3. The van der Waals surface area contributed by atoms with E-state index in [0.717, 1.165) is 5.56 Å². The second kappa shape index (κ2) is 11.2. The Hall–Kier alpha value is -3.02. The van der Waals surface area contributed by atoms with Crippen LogP contribution in [0.2, 0.25) is 0 Å². The van der Waals surface area contributed by atoms with Gasteiger partial charge in [0.05, 0.1) is 12.6 Å². The number of carbonyl (C=O) groups excluding carboxylic acids is 1. The van der Waals surface area contributed by atoms with Gasteiger partial charge in [-0.2, -0.15) is 0 Å². The van der Waals surface area contributed by atoms with Crippen LogP contribution in [0.25, 0.3) is 0 Å². The first-order chi connectivity index (χ1) is 15.8. The standard InChI is InChI=1S/C25H33N5O3/c1-17(2)6-7-20-8-22-24(28-11-20)33-23(14-29(5)13-21-9-26-16-27-10-21)18(3)12-30(25(22)32)19(4)15-31/h8-11,16-19,23,31H,12-15H2,1-5H3/t18-,19+,23+/m0/s1. The minimum atomic E-state index is -0.323. The van der Waals surface area contributed by atoms with Gasteiger partial charge in [0, 0.05) is 61.2 Å². The maximum Gasteiger partial charge on any atom is 0.259 e. The third-order valence-electron chi connectivity index (χ3n) is 5.58. The third kappa shape index (κ3) is 6.50. The number of likely N-dealkylation sites (N-methyl/N-ethyl adjacent to an activating group) is 1. The van der Waals surface area contributed by atoms with Crippen molar-refractivity contribution in [1.29, 1.82) is 0 Å². The van der Waals surface area contributed by atoms with Gasteiger partial charge in [0.2, 0.25) is 5.88 Å². The number of carbonyl (C=O) groups is 1. The monoisotopic (exact) mass is 451 g/mol. The van der Waals surface area contributed by atoms with Crippen molar-refractivity contribution in [2.24, 2.45) is 11.8 Å². The van der Waals surface area contributed by atoms with Crippen molar-refractivity contribution < 1.29 is 14.6 Å². The molecule has 3 rings (SSSR count). The highest BCUT2D eigenvalue weighted by Gasteiger charge is 2.34. The number of amides is 1. The Morgan fingerprint density at radius 2 is 2.00 bits per heavy atom. The van der Waals surface area contributed by atoms with Gasteiger partial charge in [-0.15, -0.1) is 0 Å². The first kappa shape index (κ1) is 24.6. The smallest absolute Gasteiger partial charge is 0.259 e. The third-order valence-corrected chi connectivity index (χ3v) is 5.58. The van der Waals surface area contributed by atoms with Crippen LogP contribution < -0.4 is 4.74 Å². The summed E-state index contributed by atoms with van der Waals surface area (Å²) in [6.07, 6.45) is 6.55. The lowest BCUT2D eigenvalue weighted by Gasteiger charge is -2.37. The normalized spacial score (nSPS) is 19.3. The van der Waals surface area contributed by atoms with Crippen LogP contribution in [0, 0.1) is 23.7 Å². The van der Waals surface area contributed by atoms with Gasteiger partial charge in [-0.05, 0) is 20.0 Å². The maximum absolute atomic E-state index is 13.4. The van der Waals surface area contributed by atoms with E-state index in [-0.39, 0.29) is 36.5 Å². The molecule has 0 aliphatic carbocycles. The van der Waals surface area contributed by atoms with Crippen LogP contribution in [0.5, 0.6) is 5.88 Å². The lowest BCUT2D eigenvalue weighted by Crippen LogP contribution is -2.49. The van der Waals surface area contributed by atoms with E-state index in [1.165, 1.54) is 6.33 Å². The lowest BCUT2D eigenvalue weighted by molar-refractivity contribution is 0.0325. The molecule has 8 nitrogen and oxygen atoms in total. The Bertz CT molecular complexity index is 1000. The fourth-order valence-electron chi connectivity index (χ4n) is 3.71. The van der Waals surface area contributed by atoms with E-state index in [1.807, 2.05) is 27.8 Å². The van der Waals surface area contributed by atoms with E-state index in [9.17, 15) is 9.90 Å². The van der Waals surface area contributed by atoms with Gasteiger partial charge >= 0.3 is 0 Å². The number of fused-ring (bicyclic) bond motifs is 1. The lowest BCUT2D eigenvalue weighted by atomic mass is 9.99. The molecule has 2 aromatic heterocycles. The van der Waals surface area contributed by atoms with Crippen LogP contribution in [0.15, 0.2) is 31.0 Å². The summed E-state index contributed by atoms with van der Waals surface area (Å²) in [6, 6.07) is 1.42. The number of pyridine rings is 1. The van der Waals surface area contributed by atoms with Crippen molar-refractivity contribution in [2.45, 2.75) is 46.4 Å². The zero-order valence-electron chi connectivity index (χ0n) is 20.0. The molecular weight excluding hydrogens is 418 g/mol. The number of aliphatic hydroxyl groups excluding tert-OH is 1. The molecule has 8 heteroatoms. The number of hydrogen-bond donors (Lipinski definition) is 1. The molecule has 1 aliphatic rings. The van der Waals surface area contributed by atoms with Crippen LogP contribution >= 0.6 is 0 Å². The topological polar surface area (TPSA) is 91.7 Å².